The molecule has 0 atom stereocenters. The monoisotopic (exact) mass is 292 g/mol. The first-order chi connectivity index (χ1) is 9.99. The Balaban J connectivity index is 2.56. The van der Waals surface area contributed by atoms with Crippen LogP contribution < -0.4 is 5.32 Å². The predicted molar refractivity (Wildman–Crippen MR) is 86.0 cm³/mol. The Morgan fingerprint density at radius 3 is 2.67 bits per heavy atom. The first-order valence-corrected chi connectivity index (χ1v) is 7.54. The standard InChI is InChI=1S/C16H28N4O/c1-14(2)18-9-7-16(21)20(11-10-19(3)4)13-15-6-5-8-17-12-15/h5-6,8,12,14,18H,7,9-11,13H2,1-4H3. The summed E-state index contributed by atoms with van der Waals surface area (Å²) in [5.74, 6) is 0.189. The highest BCUT2D eigenvalue weighted by atomic mass is 16.2. The van der Waals surface area contributed by atoms with Crippen molar-refractivity contribution in [3.63, 3.8) is 0 Å². The molecule has 1 N–H and O–H groups in total. The van der Waals surface area contributed by atoms with Crippen molar-refractivity contribution in [3.05, 3.63) is 30.1 Å². The summed E-state index contributed by atoms with van der Waals surface area (Å²) in [7, 11) is 4.04. The molecule has 0 unspecified atom stereocenters. The van der Waals surface area contributed by atoms with Crippen LogP contribution in [0.1, 0.15) is 25.8 Å². The number of likely N-dealkylation sites (N-methyl/N-ethyl adjacent to an activating group) is 1. The van der Waals surface area contributed by atoms with Crippen LogP contribution in [0.5, 0.6) is 0 Å². The highest BCUT2D eigenvalue weighted by Crippen LogP contribution is 2.05. The predicted octanol–water partition coefficient (Wildman–Crippen LogP) is 1.36. The molecule has 1 aromatic rings. The molecule has 0 saturated carbocycles. The normalized spacial score (nSPS) is 11.1. The summed E-state index contributed by atoms with van der Waals surface area (Å²) >= 11 is 0. The van der Waals surface area contributed by atoms with E-state index in [1.165, 1.54) is 0 Å². The van der Waals surface area contributed by atoms with Gasteiger partial charge in [-0.25, -0.2) is 0 Å². The molecule has 0 radical (unpaired) electrons. The quantitative estimate of drug-likeness (QED) is 0.746. The molecule has 5 heteroatoms. The first kappa shape index (κ1) is 17.6. The van der Waals surface area contributed by atoms with Crippen molar-refractivity contribution >= 4 is 5.91 Å². The van der Waals surface area contributed by atoms with E-state index in [0.717, 1.165) is 25.2 Å². The van der Waals surface area contributed by atoms with Crippen LogP contribution in [0.3, 0.4) is 0 Å². The minimum absolute atomic E-state index is 0.189. The number of pyridine rings is 1. The second-order valence-electron chi connectivity index (χ2n) is 5.84. The Morgan fingerprint density at radius 1 is 1.33 bits per heavy atom. The SMILES string of the molecule is CC(C)NCCC(=O)N(CCN(C)C)Cc1cccnc1. The number of nitrogens with zero attached hydrogens (tertiary/aromatic N) is 3. The zero-order valence-corrected chi connectivity index (χ0v) is 13.7. The van der Waals surface area contributed by atoms with Crippen molar-refractivity contribution in [2.24, 2.45) is 0 Å². The number of aromatic nitrogens is 1. The number of hydrogen-bond acceptors (Lipinski definition) is 4. The van der Waals surface area contributed by atoms with Crippen LogP contribution in [0.25, 0.3) is 0 Å². The molecule has 1 aromatic heterocycles. The number of carbonyl (C=O) groups is 1. The number of rotatable bonds is 9. The van der Waals surface area contributed by atoms with Crippen LogP contribution >= 0.6 is 0 Å². The Kier molecular flexibility index (Phi) is 7.93. The van der Waals surface area contributed by atoms with Crippen LogP contribution in [0.2, 0.25) is 0 Å². The smallest absolute Gasteiger partial charge is 0.224 e. The Hall–Kier alpha value is -1.46. The summed E-state index contributed by atoms with van der Waals surface area (Å²) in [6, 6.07) is 4.32. The number of hydrogen-bond donors (Lipinski definition) is 1. The summed E-state index contributed by atoms with van der Waals surface area (Å²) in [5, 5.41) is 3.29. The number of amides is 1. The molecule has 0 aliphatic rings. The third-order valence-corrected chi connectivity index (χ3v) is 3.16. The zero-order valence-electron chi connectivity index (χ0n) is 13.7. The highest BCUT2D eigenvalue weighted by Gasteiger charge is 2.14. The van der Waals surface area contributed by atoms with Gasteiger partial charge < -0.3 is 15.1 Å². The maximum absolute atomic E-state index is 12.4. The topological polar surface area (TPSA) is 48.5 Å². The molecule has 0 fully saturated rings. The van der Waals surface area contributed by atoms with Gasteiger partial charge in [0, 0.05) is 51.0 Å². The van der Waals surface area contributed by atoms with Crippen molar-refractivity contribution in [3.8, 4) is 0 Å². The molecule has 1 rings (SSSR count). The van der Waals surface area contributed by atoms with Gasteiger partial charge in [-0.3, -0.25) is 9.78 Å². The molecule has 0 bridgehead atoms. The Morgan fingerprint density at radius 2 is 2.10 bits per heavy atom. The van der Waals surface area contributed by atoms with E-state index in [4.69, 9.17) is 0 Å². The van der Waals surface area contributed by atoms with Crippen molar-refractivity contribution in [2.45, 2.75) is 32.9 Å². The minimum atomic E-state index is 0.189. The van der Waals surface area contributed by atoms with Gasteiger partial charge >= 0.3 is 0 Å². The molecule has 5 nitrogen and oxygen atoms in total. The summed E-state index contributed by atoms with van der Waals surface area (Å²) in [6.07, 6.45) is 4.11. The number of carbonyl (C=O) groups excluding carboxylic acids is 1. The van der Waals surface area contributed by atoms with E-state index in [1.807, 2.05) is 37.3 Å². The van der Waals surface area contributed by atoms with Gasteiger partial charge in [-0.2, -0.15) is 0 Å². The summed E-state index contributed by atoms with van der Waals surface area (Å²) < 4.78 is 0. The molecule has 0 aliphatic heterocycles. The minimum Gasteiger partial charge on any atom is -0.337 e. The van der Waals surface area contributed by atoms with E-state index >= 15 is 0 Å². The van der Waals surface area contributed by atoms with Gasteiger partial charge in [0.05, 0.1) is 0 Å². The van der Waals surface area contributed by atoms with Gasteiger partial charge in [0.15, 0.2) is 0 Å². The van der Waals surface area contributed by atoms with Gasteiger partial charge in [-0.1, -0.05) is 19.9 Å². The van der Waals surface area contributed by atoms with Crippen molar-refractivity contribution < 1.29 is 4.79 Å². The van der Waals surface area contributed by atoms with Crippen LogP contribution in [-0.4, -0.2) is 60.5 Å². The van der Waals surface area contributed by atoms with Crippen molar-refractivity contribution in [2.75, 3.05) is 33.7 Å². The molecule has 0 aromatic carbocycles. The van der Waals surface area contributed by atoms with Gasteiger partial charge in [-0.15, -0.1) is 0 Å². The van der Waals surface area contributed by atoms with E-state index in [2.05, 4.69) is 29.0 Å². The summed E-state index contributed by atoms with van der Waals surface area (Å²) in [6.45, 7) is 7.13. The largest absolute Gasteiger partial charge is 0.337 e. The fraction of sp³-hybridized carbons (Fsp3) is 0.625. The maximum Gasteiger partial charge on any atom is 0.224 e. The third-order valence-electron chi connectivity index (χ3n) is 3.16. The van der Waals surface area contributed by atoms with Crippen LogP contribution in [0.15, 0.2) is 24.5 Å². The molecule has 0 aliphatic carbocycles. The molecular formula is C16H28N4O. The highest BCUT2D eigenvalue weighted by molar-refractivity contribution is 5.76. The fourth-order valence-corrected chi connectivity index (χ4v) is 1.95. The third kappa shape index (κ3) is 7.78. The second kappa shape index (κ2) is 9.47. The fourth-order valence-electron chi connectivity index (χ4n) is 1.95. The van der Waals surface area contributed by atoms with Gasteiger partial charge in [0.2, 0.25) is 5.91 Å². The molecular weight excluding hydrogens is 264 g/mol. The lowest BCUT2D eigenvalue weighted by molar-refractivity contribution is -0.131. The Bertz CT molecular complexity index is 406. The van der Waals surface area contributed by atoms with Gasteiger partial charge in [0.1, 0.15) is 0 Å². The van der Waals surface area contributed by atoms with Gasteiger partial charge in [0.25, 0.3) is 0 Å². The molecule has 0 saturated heterocycles. The molecule has 21 heavy (non-hydrogen) atoms. The molecule has 118 valence electrons. The lowest BCUT2D eigenvalue weighted by Gasteiger charge is -2.25. The van der Waals surface area contributed by atoms with E-state index in [1.54, 1.807) is 6.20 Å². The molecule has 1 amide bonds. The van der Waals surface area contributed by atoms with Gasteiger partial charge in [-0.05, 0) is 25.7 Å². The van der Waals surface area contributed by atoms with E-state index in [0.29, 0.717) is 19.0 Å². The van der Waals surface area contributed by atoms with Crippen LogP contribution in [-0.2, 0) is 11.3 Å². The summed E-state index contributed by atoms with van der Waals surface area (Å²) in [5.41, 5.74) is 1.07. The summed E-state index contributed by atoms with van der Waals surface area (Å²) in [4.78, 5) is 20.5. The van der Waals surface area contributed by atoms with Crippen molar-refractivity contribution in [1.29, 1.82) is 0 Å². The molecule has 0 spiro atoms. The first-order valence-electron chi connectivity index (χ1n) is 7.54. The molecule has 1 heterocycles. The second-order valence-corrected chi connectivity index (χ2v) is 5.84. The maximum atomic E-state index is 12.4. The van der Waals surface area contributed by atoms with Crippen LogP contribution in [0.4, 0.5) is 0 Å². The lowest BCUT2D eigenvalue weighted by atomic mass is 10.2. The van der Waals surface area contributed by atoms with E-state index < -0.39 is 0 Å². The lowest BCUT2D eigenvalue weighted by Crippen LogP contribution is -2.38. The van der Waals surface area contributed by atoms with Crippen LogP contribution in [0, 0.1) is 0 Å². The van der Waals surface area contributed by atoms with Crippen molar-refractivity contribution in [1.82, 2.24) is 20.1 Å². The van der Waals surface area contributed by atoms with E-state index in [-0.39, 0.29) is 5.91 Å². The van der Waals surface area contributed by atoms with E-state index in [9.17, 15) is 4.79 Å². The average Bonchev–Trinajstić information content (AvgIpc) is 2.43. The number of nitrogens with one attached hydrogen (secondary N) is 1. The average molecular weight is 292 g/mol. The zero-order chi connectivity index (χ0) is 15.7. The Labute approximate surface area is 128 Å².